The number of aryl methyl sites for hydroxylation is 1. The maximum absolute atomic E-state index is 11.3. The van der Waals surface area contributed by atoms with Gasteiger partial charge in [-0.3, -0.25) is 4.79 Å². The van der Waals surface area contributed by atoms with E-state index in [9.17, 15) is 15.0 Å². The minimum Gasteiger partial charge on any atom is -0.505 e. The molecular formula is C12H16ClNO3. The molecule has 0 fully saturated rings. The Morgan fingerprint density at radius 3 is 2.71 bits per heavy atom. The topological polar surface area (TPSA) is 69.6 Å². The van der Waals surface area contributed by atoms with Gasteiger partial charge >= 0.3 is 0 Å². The molecule has 0 saturated heterocycles. The normalized spacial score (nSPS) is 12.2. The van der Waals surface area contributed by atoms with Gasteiger partial charge in [-0.05, 0) is 31.5 Å². The van der Waals surface area contributed by atoms with Crippen LogP contribution in [-0.2, 0) is 0 Å². The van der Waals surface area contributed by atoms with Gasteiger partial charge in [0, 0.05) is 6.54 Å². The highest BCUT2D eigenvalue weighted by atomic mass is 35.5. The highest BCUT2D eigenvalue weighted by molar-refractivity contribution is 6.18. The molecule has 0 radical (unpaired) electrons. The van der Waals surface area contributed by atoms with Gasteiger partial charge in [-0.1, -0.05) is 0 Å². The molecule has 17 heavy (non-hydrogen) atoms. The Bertz CT molecular complexity index is 420. The second-order valence-corrected chi connectivity index (χ2v) is 4.26. The number of carbonyl (C=O) groups is 1. The van der Waals surface area contributed by atoms with E-state index in [0.29, 0.717) is 5.69 Å². The number of alkyl halides is 1. The average Bonchev–Trinajstić information content (AvgIpc) is 2.28. The molecule has 1 aromatic rings. The fourth-order valence-electron chi connectivity index (χ4n) is 1.46. The standard InChI is InChI=1S/C12H16ClNO3/c1-7-3-10(8(2)15)12(17)11(4-7)14-6-9(16)5-13/h3-4,9,14,16-17H,5-6H2,1-2H3. The van der Waals surface area contributed by atoms with Crippen LogP contribution in [0.1, 0.15) is 22.8 Å². The summed E-state index contributed by atoms with van der Waals surface area (Å²) in [5.74, 6) is -0.184. The van der Waals surface area contributed by atoms with Crippen molar-refractivity contribution in [1.29, 1.82) is 0 Å². The van der Waals surface area contributed by atoms with Crippen molar-refractivity contribution in [2.24, 2.45) is 0 Å². The van der Waals surface area contributed by atoms with Crippen LogP contribution in [0.5, 0.6) is 5.75 Å². The summed E-state index contributed by atoms with van der Waals surface area (Å²) < 4.78 is 0. The number of phenols is 1. The number of ketones is 1. The molecule has 1 atom stereocenters. The number of carbonyl (C=O) groups excluding carboxylic acids is 1. The highest BCUT2D eigenvalue weighted by Gasteiger charge is 2.12. The minimum atomic E-state index is -0.697. The number of aliphatic hydroxyl groups excluding tert-OH is 1. The molecule has 5 heteroatoms. The van der Waals surface area contributed by atoms with Crippen molar-refractivity contribution in [3.8, 4) is 5.75 Å². The first kappa shape index (κ1) is 13.8. The molecule has 1 rings (SSSR count). The van der Waals surface area contributed by atoms with Crippen molar-refractivity contribution in [2.75, 3.05) is 17.7 Å². The minimum absolute atomic E-state index is 0.0927. The van der Waals surface area contributed by atoms with E-state index in [1.165, 1.54) is 6.92 Å². The zero-order valence-corrected chi connectivity index (χ0v) is 10.6. The molecule has 0 aliphatic rings. The maximum Gasteiger partial charge on any atom is 0.163 e. The lowest BCUT2D eigenvalue weighted by atomic mass is 10.1. The smallest absolute Gasteiger partial charge is 0.163 e. The van der Waals surface area contributed by atoms with Crippen LogP contribution in [0.25, 0.3) is 0 Å². The van der Waals surface area contributed by atoms with Crippen LogP contribution >= 0.6 is 11.6 Å². The number of rotatable bonds is 5. The van der Waals surface area contributed by atoms with Gasteiger partial charge in [0.2, 0.25) is 0 Å². The van der Waals surface area contributed by atoms with Crippen molar-refractivity contribution in [3.05, 3.63) is 23.3 Å². The molecule has 1 unspecified atom stereocenters. The van der Waals surface area contributed by atoms with E-state index in [2.05, 4.69) is 5.32 Å². The Hall–Kier alpha value is -1.26. The molecule has 0 saturated carbocycles. The number of benzene rings is 1. The van der Waals surface area contributed by atoms with Crippen molar-refractivity contribution < 1.29 is 15.0 Å². The van der Waals surface area contributed by atoms with Crippen LogP contribution in [0.4, 0.5) is 5.69 Å². The molecule has 94 valence electrons. The summed E-state index contributed by atoms with van der Waals surface area (Å²) in [5, 5.41) is 22.0. The number of hydrogen-bond donors (Lipinski definition) is 3. The number of aromatic hydroxyl groups is 1. The molecule has 0 aliphatic heterocycles. The summed E-state index contributed by atoms with van der Waals surface area (Å²) in [4.78, 5) is 11.3. The first-order chi connectivity index (χ1) is 7.95. The fraction of sp³-hybridized carbons (Fsp3) is 0.417. The summed E-state index contributed by atoms with van der Waals surface area (Å²) in [6, 6.07) is 3.34. The van der Waals surface area contributed by atoms with Crippen LogP contribution in [-0.4, -0.2) is 34.5 Å². The second kappa shape index (κ2) is 5.89. The van der Waals surface area contributed by atoms with Crippen LogP contribution in [0.15, 0.2) is 12.1 Å². The predicted octanol–water partition coefficient (Wildman–Crippen LogP) is 1.91. The quantitative estimate of drug-likeness (QED) is 0.428. The van der Waals surface area contributed by atoms with Crippen molar-refractivity contribution in [2.45, 2.75) is 20.0 Å². The van der Waals surface area contributed by atoms with Crippen LogP contribution in [0, 0.1) is 6.92 Å². The number of anilines is 1. The molecule has 0 bridgehead atoms. The third-order valence-electron chi connectivity index (χ3n) is 2.34. The molecule has 3 N–H and O–H groups in total. The van der Waals surface area contributed by atoms with Gasteiger partial charge in [0.25, 0.3) is 0 Å². The number of nitrogens with one attached hydrogen (secondary N) is 1. The second-order valence-electron chi connectivity index (χ2n) is 3.95. The number of phenolic OH excluding ortho intramolecular Hbond substituents is 1. The third kappa shape index (κ3) is 3.61. The maximum atomic E-state index is 11.3. The largest absolute Gasteiger partial charge is 0.505 e. The van der Waals surface area contributed by atoms with Gasteiger partial charge in [0.1, 0.15) is 5.75 Å². The molecule has 4 nitrogen and oxygen atoms in total. The molecule has 0 aliphatic carbocycles. The molecule has 0 spiro atoms. The molecule has 0 aromatic heterocycles. The first-order valence-electron chi connectivity index (χ1n) is 5.28. The van der Waals surface area contributed by atoms with Crippen molar-refractivity contribution in [1.82, 2.24) is 0 Å². The number of Topliss-reactive ketones (excluding diaryl/α,β-unsaturated/α-hetero) is 1. The van der Waals surface area contributed by atoms with Gasteiger partial charge < -0.3 is 15.5 Å². The van der Waals surface area contributed by atoms with Crippen LogP contribution in [0.2, 0.25) is 0 Å². The Morgan fingerprint density at radius 1 is 1.53 bits per heavy atom. The Balaban J connectivity index is 2.95. The van der Waals surface area contributed by atoms with Gasteiger partial charge in [0.15, 0.2) is 5.78 Å². The lowest BCUT2D eigenvalue weighted by Gasteiger charge is -2.14. The Kier molecular flexibility index (Phi) is 4.78. The summed E-state index contributed by atoms with van der Waals surface area (Å²) in [6.45, 7) is 3.44. The van der Waals surface area contributed by atoms with E-state index in [-0.39, 0.29) is 29.5 Å². The summed E-state index contributed by atoms with van der Waals surface area (Å²) in [5.41, 5.74) is 1.56. The SMILES string of the molecule is CC(=O)c1cc(C)cc(NCC(O)CCl)c1O. The van der Waals surface area contributed by atoms with E-state index >= 15 is 0 Å². The Morgan fingerprint density at radius 2 is 2.18 bits per heavy atom. The summed E-state index contributed by atoms with van der Waals surface area (Å²) in [7, 11) is 0. The molecule has 1 aromatic carbocycles. The third-order valence-corrected chi connectivity index (χ3v) is 2.70. The van der Waals surface area contributed by atoms with Crippen molar-refractivity contribution in [3.63, 3.8) is 0 Å². The van der Waals surface area contributed by atoms with E-state index in [0.717, 1.165) is 5.56 Å². The van der Waals surface area contributed by atoms with Crippen LogP contribution in [0.3, 0.4) is 0 Å². The lowest BCUT2D eigenvalue weighted by Crippen LogP contribution is -2.21. The van der Waals surface area contributed by atoms with E-state index < -0.39 is 6.10 Å². The van der Waals surface area contributed by atoms with Gasteiger partial charge in [-0.25, -0.2) is 0 Å². The summed E-state index contributed by atoms with van der Waals surface area (Å²) >= 11 is 5.46. The van der Waals surface area contributed by atoms with E-state index in [1.54, 1.807) is 12.1 Å². The van der Waals surface area contributed by atoms with Crippen LogP contribution < -0.4 is 5.32 Å². The monoisotopic (exact) mass is 257 g/mol. The molecule has 0 heterocycles. The molecule has 0 amide bonds. The average molecular weight is 258 g/mol. The lowest BCUT2D eigenvalue weighted by molar-refractivity contribution is 0.101. The predicted molar refractivity (Wildman–Crippen MR) is 68.1 cm³/mol. The van der Waals surface area contributed by atoms with Gasteiger partial charge in [-0.2, -0.15) is 0 Å². The number of halogens is 1. The number of hydrogen-bond acceptors (Lipinski definition) is 4. The highest BCUT2D eigenvalue weighted by Crippen LogP contribution is 2.29. The van der Waals surface area contributed by atoms with Crippen molar-refractivity contribution >= 4 is 23.1 Å². The van der Waals surface area contributed by atoms with E-state index in [1.807, 2.05) is 6.92 Å². The first-order valence-corrected chi connectivity index (χ1v) is 5.81. The Labute approximate surface area is 105 Å². The number of aliphatic hydroxyl groups is 1. The van der Waals surface area contributed by atoms with Gasteiger partial charge in [0.05, 0.1) is 23.2 Å². The molecular weight excluding hydrogens is 242 g/mol. The van der Waals surface area contributed by atoms with Gasteiger partial charge in [-0.15, -0.1) is 11.6 Å². The zero-order chi connectivity index (χ0) is 13.0. The zero-order valence-electron chi connectivity index (χ0n) is 9.83. The fourth-order valence-corrected chi connectivity index (χ4v) is 1.57. The summed E-state index contributed by atoms with van der Waals surface area (Å²) in [6.07, 6.45) is -0.697. The van der Waals surface area contributed by atoms with E-state index in [4.69, 9.17) is 11.6 Å².